The third kappa shape index (κ3) is 2.90. The quantitative estimate of drug-likeness (QED) is 0.694. The maximum atomic E-state index is 15.2. The summed E-state index contributed by atoms with van der Waals surface area (Å²) >= 11 is 1.29. The molecule has 0 spiro atoms. The van der Waals surface area contributed by atoms with Gasteiger partial charge in [0.15, 0.2) is 0 Å². The molecule has 1 atom stereocenters. The molecule has 8 heteroatoms. The largest absolute Gasteiger partial charge is 0.477 e. The van der Waals surface area contributed by atoms with Crippen molar-refractivity contribution in [3.8, 4) is 0 Å². The van der Waals surface area contributed by atoms with Crippen molar-refractivity contribution in [3.63, 3.8) is 0 Å². The molecule has 0 radical (unpaired) electrons. The van der Waals surface area contributed by atoms with Crippen molar-refractivity contribution in [2.75, 3.05) is 31.6 Å². The number of carbonyl (C=O) groups is 1. The van der Waals surface area contributed by atoms with Crippen LogP contribution >= 0.6 is 11.8 Å². The van der Waals surface area contributed by atoms with Crippen molar-refractivity contribution >= 4 is 34.3 Å². The van der Waals surface area contributed by atoms with Gasteiger partial charge in [0.05, 0.1) is 28.1 Å². The maximum absolute atomic E-state index is 15.2. The molecule has 0 bridgehead atoms. The van der Waals surface area contributed by atoms with Gasteiger partial charge in [-0.1, -0.05) is 42.1 Å². The predicted molar refractivity (Wildman–Crippen MR) is 115 cm³/mol. The zero-order chi connectivity index (χ0) is 21.0. The van der Waals surface area contributed by atoms with Crippen molar-refractivity contribution in [3.05, 3.63) is 69.6 Å². The Labute approximate surface area is 176 Å². The summed E-state index contributed by atoms with van der Waals surface area (Å²) in [5.74, 6) is -1.13. The van der Waals surface area contributed by atoms with Crippen molar-refractivity contribution < 1.29 is 14.3 Å². The molecule has 1 unspecified atom stereocenters. The Kier molecular flexibility index (Phi) is 4.56. The second kappa shape index (κ2) is 7.14. The molecule has 3 heterocycles. The number of fused-ring (bicyclic) bond motifs is 3. The monoisotopic (exact) mass is 425 g/mol. The molecule has 2 aliphatic heterocycles. The first-order valence-corrected chi connectivity index (χ1v) is 10.7. The second-order valence-electron chi connectivity index (χ2n) is 7.69. The maximum Gasteiger partial charge on any atom is 0.342 e. The van der Waals surface area contributed by atoms with Crippen LogP contribution in [0.3, 0.4) is 0 Å². The minimum absolute atomic E-state index is 0.0962. The number of hydrogen-bond donors (Lipinski definition) is 1. The van der Waals surface area contributed by atoms with Crippen LogP contribution in [-0.2, 0) is 5.88 Å². The Hall–Kier alpha value is -2.84. The van der Waals surface area contributed by atoms with Crippen LogP contribution in [0.1, 0.15) is 22.0 Å². The zero-order valence-corrected chi connectivity index (χ0v) is 17.2. The van der Waals surface area contributed by atoms with Gasteiger partial charge in [0.25, 0.3) is 0 Å². The van der Waals surface area contributed by atoms with Gasteiger partial charge < -0.3 is 14.6 Å². The molecule has 1 saturated heterocycles. The van der Waals surface area contributed by atoms with E-state index in [4.69, 9.17) is 0 Å². The molecule has 0 saturated carbocycles. The van der Waals surface area contributed by atoms with E-state index in [2.05, 4.69) is 24.1 Å². The first-order chi connectivity index (χ1) is 14.5. The number of nitrogens with zero attached hydrogens (tertiary/aromatic N) is 3. The SMILES string of the molecule is CN1CCN(c2cc3c(=O)c(C(=O)O)c4n(c3cc2F)CS4)CC1c1ccccc1. The molecule has 0 aliphatic carbocycles. The molecule has 30 heavy (non-hydrogen) atoms. The highest BCUT2D eigenvalue weighted by Crippen LogP contribution is 2.38. The minimum Gasteiger partial charge on any atom is -0.477 e. The summed E-state index contributed by atoms with van der Waals surface area (Å²) in [4.78, 5) is 28.7. The zero-order valence-electron chi connectivity index (χ0n) is 16.3. The molecule has 2 aliphatic rings. The summed E-state index contributed by atoms with van der Waals surface area (Å²) in [6.45, 7) is 1.95. The van der Waals surface area contributed by atoms with Gasteiger partial charge >= 0.3 is 5.97 Å². The molecule has 1 aromatic heterocycles. The van der Waals surface area contributed by atoms with Crippen LogP contribution in [0.25, 0.3) is 10.9 Å². The summed E-state index contributed by atoms with van der Waals surface area (Å²) in [5, 5.41) is 10.2. The number of rotatable bonds is 3. The van der Waals surface area contributed by atoms with Gasteiger partial charge in [-0.3, -0.25) is 9.69 Å². The number of aromatic carboxylic acids is 1. The number of carboxylic acid groups (broad SMARTS) is 1. The predicted octanol–water partition coefficient (Wildman–Crippen LogP) is 3.40. The third-order valence-corrected chi connectivity index (χ3v) is 7.09. The normalized spacial score (nSPS) is 18.9. The van der Waals surface area contributed by atoms with E-state index in [-0.39, 0.29) is 17.0 Å². The summed E-state index contributed by atoms with van der Waals surface area (Å²) in [6.07, 6.45) is 0. The van der Waals surface area contributed by atoms with E-state index in [0.29, 0.717) is 35.2 Å². The van der Waals surface area contributed by atoms with Gasteiger partial charge in [0.1, 0.15) is 11.4 Å². The van der Waals surface area contributed by atoms with Crippen LogP contribution in [0.15, 0.2) is 52.3 Å². The standard InChI is InChI=1S/C22H20FN3O3S/c1-24-7-8-25(11-18(24)13-5-3-2-4-6-13)17-9-14-16(10-15(17)23)26-12-30-21(26)19(20(14)27)22(28)29/h2-6,9-10,18H,7-8,11-12H2,1H3,(H,28,29). The Morgan fingerprint density at radius 3 is 2.63 bits per heavy atom. The van der Waals surface area contributed by atoms with Crippen molar-refractivity contribution in [2.24, 2.45) is 0 Å². The van der Waals surface area contributed by atoms with E-state index in [9.17, 15) is 14.7 Å². The van der Waals surface area contributed by atoms with Crippen molar-refractivity contribution in [1.29, 1.82) is 0 Å². The van der Waals surface area contributed by atoms with Crippen molar-refractivity contribution in [2.45, 2.75) is 16.9 Å². The van der Waals surface area contributed by atoms with Gasteiger partial charge in [0.2, 0.25) is 5.43 Å². The number of anilines is 1. The van der Waals surface area contributed by atoms with Gasteiger partial charge in [-0.2, -0.15) is 0 Å². The molecule has 1 N–H and O–H groups in total. The van der Waals surface area contributed by atoms with E-state index in [1.54, 1.807) is 4.57 Å². The number of pyridine rings is 1. The van der Waals surface area contributed by atoms with E-state index < -0.39 is 17.2 Å². The lowest BCUT2D eigenvalue weighted by Gasteiger charge is -2.41. The Morgan fingerprint density at radius 1 is 1.20 bits per heavy atom. The van der Waals surface area contributed by atoms with E-state index in [0.717, 1.165) is 12.1 Å². The number of halogens is 1. The lowest BCUT2D eigenvalue weighted by atomic mass is 10.0. The first-order valence-electron chi connectivity index (χ1n) is 9.72. The molecule has 154 valence electrons. The third-order valence-electron chi connectivity index (χ3n) is 6.00. The highest BCUT2D eigenvalue weighted by atomic mass is 32.2. The highest BCUT2D eigenvalue weighted by Gasteiger charge is 2.31. The highest BCUT2D eigenvalue weighted by molar-refractivity contribution is 7.99. The van der Waals surface area contributed by atoms with Crippen LogP contribution in [-0.4, -0.2) is 47.2 Å². The summed E-state index contributed by atoms with van der Waals surface area (Å²) in [7, 11) is 2.05. The number of hydrogen-bond acceptors (Lipinski definition) is 5. The molecule has 1 fully saturated rings. The van der Waals surface area contributed by atoms with Crippen LogP contribution in [0.2, 0.25) is 0 Å². The Bertz CT molecular complexity index is 1230. The minimum atomic E-state index is -1.24. The number of piperazine rings is 1. The topological polar surface area (TPSA) is 65.8 Å². The summed E-state index contributed by atoms with van der Waals surface area (Å²) in [5.41, 5.74) is 1.17. The van der Waals surface area contributed by atoms with Crippen LogP contribution in [0, 0.1) is 5.82 Å². The van der Waals surface area contributed by atoms with Crippen LogP contribution in [0.4, 0.5) is 10.1 Å². The number of thioether (sulfide) groups is 1. The van der Waals surface area contributed by atoms with Gasteiger partial charge in [0, 0.05) is 31.1 Å². The molecular weight excluding hydrogens is 405 g/mol. The molecule has 5 rings (SSSR count). The molecule has 3 aromatic rings. The van der Waals surface area contributed by atoms with Gasteiger partial charge in [-0.25, -0.2) is 9.18 Å². The van der Waals surface area contributed by atoms with E-state index >= 15 is 4.39 Å². The molecule has 0 amide bonds. The fourth-order valence-corrected chi connectivity index (χ4v) is 5.28. The average Bonchev–Trinajstić information content (AvgIpc) is 2.71. The van der Waals surface area contributed by atoms with E-state index in [1.807, 2.05) is 23.1 Å². The number of likely N-dealkylation sites (N-methyl/N-ethyl adjacent to an activating group) is 1. The fraction of sp³-hybridized carbons (Fsp3) is 0.273. The second-order valence-corrected chi connectivity index (χ2v) is 8.62. The van der Waals surface area contributed by atoms with E-state index in [1.165, 1.54) is 23.9 Å². The molecular formula is C22H20FN3O3S. The van der Waals surface area contributed by atoms with Crippen molar-refractivity contribution in [1.82, 2.24) is 9.47 Å². The lowest BCUT2D eigenvalue weighted by molar-refractivity contribution is 0.0689. The Morgan fingerprint density at radius 2 is 1.97 bits per heavy atom. The first kappa shape index (κ1) is 19.1. The fourth-order valence-electron chi connectivity index (χ4n) is 4.33. The number of aromatic nitrogens is 1. The number of carboxylic acids is 1. The van der Waals surface area contributed by atoms with Crippen LogP contribution in [0.5, 0.6) is 0 Å². The van der Waals surface area contributed by atoms with Gasteiger partial charge in [-0.05, 0) is 18.7 Å². The molecule has 2 aromatic carbocycles. The summed E-state index contributed by atoms with van der Waals surface area (Å²) in [6, 6.07) is 13.1. The van der Waals surface area contributed by atoms with Gasteiger partial charge in [-0.15, -0.1) is 0 Å². The lowest BCUT2D eigenvalue weighted by Crippen LogP contribution is -2.47. The summed E-state index contributed by atoms with van der Waals surface area (Å²) < 4.78 is 16.9. The average molecular weight is 425 g/mol. The Balaban J connectivity index is 1.60. The smallest absolute Gasteiger partial charge is 0.342 e. The molecule has 6 nitrogen and oxygen atoms in total. The van der Waals surface area contributed by atoms with Crippen LogP contribution < -0.4 is 10.3 Å². The number of benzene rings is 2.